The number of aromatic nitrogens is 1. The van der Waals surface area contributed by atoms with Gasteiger partial charge in [-0.25, -0.2) is 4.98 Å². The molecule has 1 heterocycles. The molecular formula is C8H7ClF3NO2. The number of hydrogen-bond acceptors (Lipinski definition) is 3. The topological polar surface area (TPSA) is 53.4 Å². The highest BCUT2D eigenvalue weighted by atomic mass is 35.5. The summed E-state index contributed by atoms with van der Waals surface area (Å²) in [5.74, 6) is 0. The van der Waals surface area contributed by atoms with Gasteiger partial charge >= 0.3 is 6.18 Å². The van der Waals surface area contributed by atoms with E-state index in [1.165, 1.54) is 0 Å². The largest absolute Gasteiger partial charge is 0.417 e. The van der Waals surface area contributed by atoms with Crippen molar-refractivity contribution in [1.82, 2.24) is 4.98 Å². The number of aliphatic hydroxyl groups excluding tert-OH is 2. The highest BCUT2D eigenvalue weighted by molar-refractivity contribution is 6.30. The van der Waals surface area contributed by atoms with Crippen molar-refractivity contribution in [1.29, 1.82) is 0 Å². The van der Waals surface area contributed by atoms with E-state index in [1.54, 1.807) is 0 Å². The second kappa shape index (κ2) is 4.34. The molecule has 2 N–H and O–H groups in total. The van der Waals surface area contributed by atoms with Gasteiger partial charge in [0.25, 0.3) is 0 Å². The molecule has 0 saturated carbocycles. The first-order valence-electron chi connectivity index (χ1n) is 3.88. The summed E-state index contributed by atoms with van der Waals surface area (Å²) >= 11 is 5.47. The lowest BCUT2D eigenvalue weighted by molar-refractivity contribution is -0.137. The Labute approximate surface area is 88.1 Å². The Bertz CT molecular complexity index is 356. The number of pyridine rings is 1. The average molecular weight is 242 g/mol. The van der Waals surface area contributed by atoms with Gasteiger partial charge in [0.15, 0.2) is 0 Å². The van der Waals surface area contributed by atoms with E-state index < -0.39 is 24.5 Å². The standard InChI is InChI=1S/C8H7ClF3NO2/c9-7-5(6(15)3-14)1-4(2-13-7)8(10,11)12/h1-2,6,14-15H,3H2. The van der Waals surface area contributed by atoms with Crippen molar-refractivity contribution in [2.75, 3.05) is 6.61 Å². The second-order valence-corrected chi connectivity index (χ2v) is 3.16. The van der Waals surface area contributed by atoms with Crippen LogP contribution in [0.15, 0.2) is 12.3 Å². The third kappa shape index (κ3) is 2.80. The predicted octanol–water partition coefficient (Wildman–Crippen LogP) is 1.78. The summed E-state index contributed by atoms with van der Waals surface area (Å²) in [5, 5.41) is 17.5. The van der Waals surface area contributed by atoms with E-state index in [1.807, 2.05) is 0 Å². The van der Waals surface area contributed by atoms with Crippen molar-refractivity contribution in [3.8, 4) is 0 Å². The molecule has 15 heavy (non-hydrogen) atoms. The van der Waals surface area contributed by atoms with Crippen LogP contribution >= 0.6 is 11.6 Å². The zero-order valence-electron chi connectivity index (χ0n) is 7.29. The highest BCUT2D eigenvalue weighted by Crippen LogP contribution is 2.32. The molecule has 0 aromatic carbocycles. The van der Waals surface area contributed by atoms with Crippen molar-refractivity contribution < 1.29 is 23.4 Å². The van der Waals surface area contributed by atoms with Crippen molar-refractivity contribution in [2.24, 2.45) is 0 Å². The average Bonchev–Trinajstić information content (AvgIpc) is 2.15. The number of alkyl halides is 3. The molecule has 0 spiro atoms. The zero-order chi connectivity index (χ0) is 11.6. The van der Waals surface area contributed by atoms with Crippen LogP contribution in [0.2, 0.25) is 5.15 Å². The van der Waals surface area contributed by atoms with Gasteiger partial charge in [-0.05, 0) is 6.07 Å². The first-order chi connectivity index (χ1) is 6.86. The first kappa shape index (κ1) is 12.2. The molecule has 0 saturated heterocycles. The molecular weight excluding hydrogens is 235 g/mol. The molecule has 0 bridgehead atoms. The third-order valence-electron chi connectivity index (χ3n) is 1.73. The molecule has 0 aliphatic carbocycles. The highest BCUT2D eigenvalue weighted by Gasteiger charge is 2.32. The van der Waals surface area contributed by atoms with Crippen molar-refractivity contribution in [2.45, 2.75) is 12.3 Å². The van der Waals surface area contributed by atoms with Crippen molar-refractivity contribution in [3.63, 3.8) is 0 Å². The van der Waals surface area contributed by atoms with Gasteiger partial charge in [-0.15, -0.1) is 0 Å². The molecule has 3 nitrogen and oxygen atoms in total. The maximum Gasteiger partial charge on any atom is 0.417 e. The smallest absolute Gasteiger partial charge is 0.393 e. The number of rotatable bonds is 2. The summed E-state index contributed by atoms with van der Waals surface area (Å²) in [6.45, 7) is -0.720. The molecule has 84 valence electrons. The third-order valence-corrected chi connectivity index (χ3v) is 2.04. The Morgan fingerprint density at radius 1 is 1.47 bits per heavy atom. The zero-order valence-corrected chi connectivity index (χ0v) is 8.05. The van der Waals surface area contributed by atoms with E-state index in [0.29, 0.717) is 12.3 Å². The molecule has 0 aliphatic rings. The Morgan fingerprint density at radius 3 is 2.53 bits per heavy atom. The van der Waals surface area contributed by atoms with Gasteiger partial charge in [-0.1, -0.05) is 11.6 Å². The van der Waals surface area contributed by atoms with Crippen LogP contribution in [0.3, 0.4) is 0 Å². The van der Waals surface area contributed by atoms with Crippen molar-refractivity contribution in [3.05, 3.63) is 28.5 Å². The van der Waals surface area contributed by atoms with Crippen LogP contribution in [0.25, 0.3) is 0 Å². The summed E-state index contributed by atoms with van der Waals surface area (Å²) in [6.07, 6.45) is -5.45. The normalized spacial score (nSPS) is 14.0. The summed E-state index contributed by atoms with van der Waals surface area (Å²) in [7, 11) is 0. The maximum atomic E-state index is 12.2. The lowest BCUT2D eigenvalue weighted by Gasteiger charge is -2.12. The van der Waals surface area contributed by atoms with Crippen LogP contribution < -0.4 is 0 Å². The molecule has 7 heteroatoms. The summed E-state index contributed by atoms with van der Waals surface area (Å²) in [4.78, 5) is 3.29. The lowest BCUT2D eigenvalue weighted by atomic mass is 10.1. The van der Waals surface area contributed by atoms with Crippen molar-refractivity contribution >= 4 is 11.6 Å². The predicted molar refractivity (Wildman–Crippen MR) is 46.3 cm³/mol. The van der Waals surface area contributed by atoms with Gasteiger partial charge in [0, 0.05) is 11.8 Å². The first-order valence-corrected chi connectivity index (χ1v) is 4.25. The minimum Gasteiger partial charge on any atom is -0.393 e. The molecule has 0 fully saturated rings. The fourth-order valence-electron chi connectivity index (χ4n) is 0.952. The number of aliphatic hydroxyl groups is 2. The molecule has 1 unspecified atom stereocenters. The minimum atomic E-state index is -4.55. The maximum absolute atomic E-state index is 12.2. The fourth-order valence-corrected chi connectivity index (χ4v) is 1.18. The number of nitrogens with zero attached hydrogens (tertiary/aromatic N) is 1. The monoisotopic (exact) mass is 241 g/mol. The van der Waals surface area contributed by atoms with Gasteiger partial charge in [0.2, 0.25) is 0 Å². The molecule has 0 amide bonds. The summed E-state index contributed by atoms with van der Waals surface area (Å²) < 4.78 is 36.7. The van der Waals surface area contributed by atoms with Gasteiger partial charge in [0.05, 0.1) is 12.2 Å². The molecule has 0 radical (unpaired) electrons. The van der Waals surface area contributed by atoms with Gasteiger partial charge in [-0.2, -0.15) is 13.2 Å². The second-order valence-electron chi connectivity index (χ2n) is 2.80. The van der Waals surface area contributed by atoms with E-state index in [0.717, 1.165) is 0 Å². The Hall–Kier alpha value is -0.850. The van der Waals surface area contributed by atoms with E-state index >= 15 is 0 Å². The Balaban J connectivity index is 3.17. The van der Waals surface area contributed by atoms with E-state index in [9.17, 15) is 13.2 Å². The quantitative estimate of drug-likeness (QED) is 0.776. The van der Waals surface area contributed by atoms with Crippen LogP contribution in [-0.4, -0.2) is 21.8 Å². The Kier molecular flexibility index (Phi) is 3.54. The molecule has 0 aliphatic heterocycles. The Morgan fingerprint density at radius 2 is 2.07 bits per heavy atom. The van der Waals surface area contributed by atoms with E-state index in [-0.39, 0.29) is 10.7 Å². The fraction of sp³-hybridized carbons (Fsp3) is 0.375. The number of hydrogen-bond donors (Lipinski definition) is 2. The number of halogens is 4. The molecule has 1 aromatic rings. The van der Waals surface area contributed by atoms with Crippen LogP contribution in [0.5, 0.6) is 0 Å². The van der Waals surface area contributed by atoms with Crippen LogP contribution in [-0.2, 0) is 6.18 Å². The SMILES string of the molecule is OCC(O)c1cc(C(F)(F)F)cnc1Cl. The van der Waals surface area contributed by atoms with Crippen LogP contribution in [0.4, 0.5) is 13.2 Å². The molecule has 1 atom stereocenters. The summed E-state index contributed by atoms with van der Waals surface area (Å²) in [6, 6.07) is 0.663. The molecule has 1 aromatic heterocycles. The van der Waals surface area contributed by atoms with E-state index in [2.05, 4.69) is 4.98 Å². The lowest BCUT2D eigenvalue weighted by Crippen LogP contribution is -2.10. The van der Waals surface area contributed by atoms with Crippen LogP contribution in [0, 0.1) is 0 Å². The minimum absolute atomic E-state index is 0.242. The van der Waals surface area contributed by atoms with Gasteiger partial charge in [-0.3, -0.25) is 0 Å². The summed E-state index contributed by atoms with van der Waals surface area (Å²) in [5.41, 5.74) is -1.26. The van der Waals surface area contributed by atoms with Gasteiger partial charge < -0.3 is 10.2 Å². The van der Waals surface area contributed by atoms with Gasteiger partial charge in [0.1, 0.15) is 11.3 Å². The molecule has 1 rings (SSSR count). The van der Waals surface area contributed by atoms with Crippen LogP contribution in [0.1, 0.15) is 17.2 Å². The van der Waals surface area contributed by atoms with E-state index in [4.69, 9.17) is 21.8 Å².